The van der Waals surface area contributed by atoms with Gasteiger partial charge in [-0.3, -0.25) is 4.79 Å². The van der Waals surface area contributed by atoms with Crippen LogP contribution in [0, 0.1) is 3.57 Å². The molecular formula is C18H18ClIN2O5. The Morgan fingerprint density at radius 1 is 1.41 bits per heavy atom. The summed E-state index contributed by atoms with van der Waals surface area (Å²) in [5, 5.41) is 21.0. The highest BCUT2D eigenvalue weighted by molar-refractivity contribution is 14.1. The molecule has 1 fully saturated rings. The second-order valence-corrected chi connectivity index (χ2v) is 8.00. The van der Waals surface area contributed by atoms with Gasteiger partial charge in [0.25, 0.3) is 5.91 Å². The summed E-state index contributed by atoms with van der Waals surface area (Å²) in [6, 6.07) is 2.48. The van der Waals surface area contributed by atoms with Crippen LogP contribution < -0.4 is 4.74 Å². The molecule has 144 valence electrons. The number of fused-ring (bicyclic) bond motifs is 1. The van der Waals surface area contributed by atoms with Gasteiger partial charge < -0.3 is 19.8 Å². The smallest absolute Gasteiger partial charge is 0.326 e. The molecule has 0 saturated carbocycles. The first-order valence-electron chi connectivity index (χ1n) is 8.43. The fourth-order valence-corrected chi connectivity index (χ4v) is 4.28. The Hall–Kier alpha value is -1.81. The van der Waals surface area contributed by atoms with Crippen molar-refractivity contribution in [3.05, 3.63) is 26.5 Å². The lowest BCUT2D eigenvalue weighted by atomic mass is 10.1. The lowest BCUT2D eigenvalue weighted by Gasteiger charge is -2.22. The van der Waals surface area contributed by atoms with Crippen LogP contribution in [0.25, 0.3) is 10.8 Å². The van der Waals surface area contributed by atoms with E-state index in [2.05, 4.69) is 4.98 Å². The van der Waals surface area contributed by atoms with Crippen LogP contribution >= 0.6 is 34.2 Å². The zero-order valence-electron chi connectivity index (χ0n) is 14.7. The van der Waals surface area contributed by atoms with E-state index in [-0.39, 0.29) is 22.7 Å². The van der Waals surface area contributed by atoms with E-state index in [1.165, 1.54) is 4.90 Å². The van der Waals surface area contributed by atoms with Crippen LogP contribution in [0.1, 0.15) is 37.2 Å². The maximum absolute atomic E-state index is 12.9. The maximum atomic E-state index is 12.9. The normalized spacial score (nSPS) is 16.9. The molecule has 1 aliphatic rings. The molecule has 7 nitrogen and oxygen atoms in total. The van der Waals surface area contributed by atoms with E-state index in [0.29, 0.717) is 39.5 Å². The number of carbonyl (C=O) groups excluding carboxylic acids is 1. The highest BCUT2D eigenvalue weighted by atomic mass is 127. The summed E-state index contributed by atoms with van der Waals surface area (Å²) < 4.78 is 6.34. The molecule has 2 heterocycles. The number of pyridine rings is 1. The van der Waals surface area contributed by atoms with Crippen molar-refractivity contribution in [1.82, 2.24) is 9.88 Å². The van der Waals surface area contributed by atoms with Crippen molar-refractivity contribution in [3.63, 3.8) is 0 Å². The van der Waals surface area contributed by atoms with E-state index >= 15 is 0 Å². The van der Waals surface area contributed by atoms with Crippen molar-refractivity contribution in [1.29, 1.82) is 0 Å². The Morgan fingerprint density at radius 3 is 2.74 bits per heavy atom. The number of hydrogen-bond donors (Lipinski definition) is 2. The number of ether oxygens (including phenoxy) is 1. The van der Waals surface area contributed by atoms with E-state index in [1.807, 2.05) is 36.4 Å². The first kappa shape index (κ1) is 19.9. The van der Waals surface area contributed by atoms with Gasteiger partial charge in [-0.15, -0.1) is 0 Å². The summed E-state index contributed by atoms with van der Waals surface area (Å²) >= 11 is 8.29. The lowest BCUT2D eigenvalue weighted by molar-refractivity contribution is -0.141. The Morgan fingerprint density at radius 2 is 2.11 bits per heavy atom. The van der Waals surface area contributed by atoms with Crippen LogP contribution in [0.4, 0.5) is 0 Å². The number of aromatic hydroxyl groups is 1. The molecule has 1 saturated heterocycles. The standard InChI is InChI=1S/C18H18ClIN2O5/c1-8(2)27-11-6-5-9-12(13(11)20)15(23)14(21-16(9)19)17(24)22-7-3-4-10(22)18(25)26/h5-6,8,10,23H,3-4,7H2,1-2H3,(H,25,26). The Kier molecular flexibility index (Phi) is 5.66. The van der Waals surface area contributed by atoms with Gasteiger partial charge in [0, 0.05) is 17.3 Å². The number of carboxylic acids is 1. The molecule has 3 rings (SSSR count). The van der Waals surface area contributed by atoms with Crippen molar-refractivity contribution in [3.8, 4) is 11.5 Å². The van der Waals surface area contributed by atoms with Crippen LogP contribution in [-0.4, -0.2) is 50.7 Å². The minimum atomic E-state index is -1.07. The average Bonchev–Trinajstić information content (AvgIpc) is 3.09. The van der Waals surface area contributed by atoms with E-state index in [0.717, 1.165) is 0 Å². The van der Waals surface area contributed by atoms with Crippen molar-refractivity contribution in [2.24, 2.45) is 0 Å². The number of aromatic nitrogens is 1. The summed E-state index contributed by atoms with van der Waals surface area (Å²) in [7, 11) is 0. The predicted molar refractivity (Wildman–Crippen MR) is 109 cm³/mol. The first-order valence-corrected chi connectivity index (χ1v) is 9.89. The van der Waals surface area contributed by atoms with Gasteiger partial charge in [-0.1, -0.05) is 11.6 Å². The highest BCUT2D eigenvalue weighted by Gasteiger charge is 2.36. The van der Waals surface area contributed by atoms with E-state index in [9.17, 15) is 19.8 Å². The van der Waals surface area contributed by atoms with Crippen LogP contribution in [0.15, 0.2) is 12.1 Å². The molecule has 2 N–H and O–H groups in total. The Labute approximate surface area is 174 Å². The molecule has 1 aromatic heterocycles. The molecule has 0 spiro atoms. The first-order chi connectivity index (χ1) is 12.7. The number of benzene rings is 1. The van der Waals surface area contributed by atoms with E-state index < -0.39 is 17.9 Å². The summed E-state index contributed by atoms with van der Waals surface area (Å²) in [6.07, 6.45) is 0.874. The van der Waals surface area contributed by atoms with Gasteiger partial charge in [-0.25, -0.2) is 9.78 Å². The summed E-state index contributed by atoms with van der Waals surface area (Å²) in [5.74, 6) is -1.49. The second-order valence-electron chi connectivity index (χ2n) is 6.56. The SMILES string of the molecule is CC(C)Oc1ccc2c(Cl)nc(C(=O)N3CCCC3C(=O)O)c(O)c2c1I. The molecule has 0 bridgehead atoms. The Balaban J connectivity index is 2.14. The summed E-state index contributed by atoms with van der Waals surface area (Å²) in [4.78, 5) is 29.6. The number of carboxylic acid groups (broad SMARTS) is 1. The van der Waals surface area contributed by atoms with Gasteiger partial charge in [-0.2, -0.15) is 0 Å². The van der Waals surface area contributed by atoms with Crippen molar-refractivity contribution in [2.45, 2.75) is 38.8 Å². The molecule has 1 aromatic carbocycles. The molecule has 1 atom stereocenters. The number of hydrogen-bond acceptors (Lipinski definition) is 5. The molecule has 2 aromatic rings. The highest BCUT2D eigenvalue weighted by Crippen LogP contribution is 2.40. The third kappa shape index (κ3) is 3.64. The number of carbonyl (C=O) groups is 2. The van der Waals surface area contributed by atoms with Gasteiger partial charge in [0.2, 0.25) is 0 Å². The summed E-state index contributed by atoms with van der Waals surface area (Å²) in [6.45, 7) is 4.06. The molecule has 0 radical (unpaired) electrons. The number of halogens is 2. The quantitative estimate of drug-likeness (QED) is 0.487. The average molecular weight is 505 g/mol. The minimum absolute atomic E-state index is 0.0613. The van der Waals surface area contributed by atoms with Crippen LogP contribution in [-0.2, 0) is 4.79 Å². The number of likely N-dealkylation sites (tertiary alicyclic amines) is 1. The lowest BCUT2D eigenvalue weighted by Crippen LogP contribution is -2.40. The minimum Gasteiger partial charge on any atom is -0.505 e. The van der Waals surface area contributed by atoms with Gasteiger partial charge >= 0.3 is 5.97 Å². The number of nitrogens with zero attached hydrogens (tertiary/aromatic N) is 2. The predicted octanol–water partition coefficient (Wildman–Crippen LogP) is 3.67. The number of aliphatic carboxylic acids is 1. The molecule has 9 heteroatoms. The monoisotopic (exact) mass is 504 g/mol. The van der Waals surface area contributed by atoms with Crippen molar-refractivity contribution < 1.29 is 24.5 Å². The number of rotatable bonds is 4. The third-order valence-corrected chi connectivity index (χ3v) is 5.72. The van der Waals surface area contributed by atoms with Gasteiger partial charge in [-0.05, 0) is 61.4 Å². The molecule has 27 heavy (non-hydrogen) atoms. The van der Waals surface area contributed by atoms with Gasteiger partial charge in [0.05, 0.1) is 9.67 Å². The topological polar surface area (TPSA) is 100.0 Å². The Bertz CT molecular complexity index is 934. The summed E-state index contributed by atoms with van der Waals surface area (Å²) in [5.41, 5.74) is -0.250. The van der Waals surface area contributed by atoms with Crippen LogP contribution in [0.3, 0.4) is 0 Å². The second kappa shape index (κ2) is 7.67. The maximum Gasteiger partial charge on any atom is 0.326 e. The third-order valence-electron chi connectivity index (χ3n) is 4.36. The van der Waals surface area contributed by atoms with Crippen LogP contribution in [0.2, 0.25) is 5.15 Å². The fourth-order valence-electron chi connectivity index (χ4n) is 3.19. The van der Waals surface area contributed by atoms with E-state index in [1.54, 1.807) is 12.1 Å². The molecular weight excluding hydrogens is 487 g/mol. The number of amides is 1. The fraction of sp³-hybridized carbons (Fsp3) is 0.389. The van der Waals surface area contributed by atoms with E-state index in [4.69, 9.17) is 16.3 Å². The van der Waals surface area contributed by atoms with Crippen molar-refractivity contribution >= 4 is 56.8 Å². The zero-order valence-corrected chi connectivity index (χ0v) is 17.6. The largest absolute Gasteiger partial charge is 0.505 e. The van der Waals surface area contributed by atoms with Gasteiger partial charge in [0.15, 0.2) is 11.4 Å². The van der Waals surface area contributed by atoms with Gasteiger partial charge in [0.1, 0.15) is 16.9 Å². The molecule has 0 aliphatic carbocycles. The van der Waals surface area contributed by atoms with Crippen molar-refractivity contribution in [2.75, 3.05) is 6.54 Å². The molecule has 1 unspecified atom stereocenters. The molecule has 1 aliphatic heterocycles. The molecule has 1 amide bonds. The zero-order chi connectivity index (χ0) is 19.9. The van der Waals surface area contributed by atoms with Crippen LogP contribution in [0.5, 0.6) is 11.5 Å².